The summed E-state index contributed by atoms with van der Waals surface area (Å²) in [5.74, 6) is 0.584. The van der Waals surface area contributed by atoms with E-state index in [1.165, 1.54) is 6.07 Å². The van der Waals surface area contributed by atoms with Gasteiger partial charge in [-0.15, -0.1) is 0 Å². The summed E-state index contributed by atoms with van der Waals surface area (Å²) in [5.41, 5.74) is 6.59. The summed E-state index contributed by atoms with van der Waals surface area (Å²) in [6, 6.07) is 29.4. The van der Waals surface area contributed by atoms with E-state index in [-0.39, 0.29) is 12.7 Å². The first kappa shape index (κ1) is 15.5. The standard InChI is InChI=1S/C24H15BFNO/c26-20-13-7-12-19-24(20)27(16-8-2-1-3-9-16)21-14-6-11-18-17-10-4-5-15-22(17)28-25(19)23(18)21/h1-15H. The van der Waals surface area contributed by atoms with Gasteiger partial charge in [0.15, 0.2) is 0 Å². The molecule has 2 aliphatic heterocycles. The molecule has 0 saturated carbocycles. The van der Waals surface area contributed by atoms with Crippen LogP contribution < -0.4 is 20.5 Å². The number of nitrogens with zero attached hydrogens (tertiary/aromatic N) is 1. The molecule has 0 atom stereocenters. The van der Waals surface area contributed by atoms with Crippen LogP contribution in [0.2, 0.25) is 0 Å². The lowest BCUT2D eigenvalue weighted by molar-refractivity contribution is 0.588. The summed E-state index contributed by atoms with van der Waals surface area (Å²) < 4.78 is 21.5. The molecule has 6 rings (SSSR count). The van der Waals surface area contributed by atoms with E-state index in [0.29, 0.717) is 5.69 Å². The van der Waals surface area contributed by atoms with E-state index in [0.717, 1.165) is 39.2 Å². The van der Waals surface area contributed by atoms with Crippen LogP contribution in [0.1, 0.15) is 0 Å². The van der Waals surface area contributed by atoms with Crippen LogP contribution in [0.15, 0.2) is 91.0 Å². The van der Waals surface area contributed by atoms with Crippen LogP contribution in [-0.4, -0.2) is 6.92 Å². The fraction of sp³-hybridized carbons (Fsp3) is 0. The van der Waals surface area contributed by atoms with Crippen molar-refractivity contribution in [3.8, 4) is 16.9 Å². The van der Waals surface area contributed by atoms with Crippen molar-refractivity contribution >= 4 is 34.9 Å². The summed E-state index contributed by atoms with van der Waals surface area (Å²) in [5, 5.41) is 0. The van der Waals surface area contributed by atoms with Crippen molar-refractivity contribution in [1.29, 1.82) is 0 Å². The van der Waals surface area contributed by atoms with Gasteiger partial charge in [0.05, 0.1) is 5.69 Å². The monoisotopic (exact) mass is 363 g/mol. The molecule has 0 unspecified atom stereocenters. The first-order chi connectivity index (χ1) is 13.8. The quantitative estimate of drug-likeness (QED) is 0.452. The molecule has 2 nitrogen and oxygen atoms in total. The van der Waals surface area contributed by atoms with Gasteiger partial charge in [-0.05, 0) is 41.4 Å². The predicted octanol–water partition coefficient (Wildman–Crippen LogP) is 4.77. The van der Waals surface area contributed by atoms with Crippen molar-refractivity contribution in [2.24, 2.45) is 0 Å². The molecule has 4 heteroatoms. The second-order valence-corrected chi connectivity index (χ2v) is 7.08. The van der Waals surface area contributed by atoms with E-state index in [1.54, 1.807) is 6.07 Å². The lowest BCUT2D eigenvalue weighted by Crippen LogP contribution is -2.56. The third kappa shape index (κ3) is 2.03. The Morgan fingerprint density at radius 2 is 1.46 bits per heavy atom. The highest BCUT2D eigenvalue weighted by atomic mass is 19.1. The molecule has 4 aromatic carbocycles. The third-order valence-electron chi connectivity index (χ3n) is 5.55. The highest BCUT2D eigenvalue weighted by Crippen LogP contribution is 2.42. The van der Waals surface area contributed by atoms with Gasteiger partial charge in [0.2, 0.25) is 0 Å². The number of anilines is 3. The largest absolute Gasteiger partial charge is 0.551 e. The fourth-order valence-corrected chi connectivity index (χ4v) is 4.40. The van der Waals surface area contributed by atoms with Gasteiger partial charge >= 0.3 is 6.92 Å². The average Bonchev–Trinajstić information content (AvgIpc) is 2.75. The zero-order valence-electron chi connectivity index (χ0n) is 15.0. The second kappa shape index (κ2) is 5.73. The number of benzene rings is 4. The fourth-order valence-electron chi connectivity index (χ4n) is 4.40. The van der Waals surface area contributed by atoms with Crippen molar-refractivity contribution in [2.45, 2.75) is 0 Å². The summed E-state index contributed by atoms with van der Waals surface area (Å²) in [6.45, 7) is -0.327. The number of rotatable bonds is 1. The van der Waals surface area contributed by atoms with Crippen LogP contribution in [0, 0.1) is 5.82 Å². The first-order valence-corrected chi connectivity index (χ1v) is 9.35. The number of hydrogen-bond donors (Lipinski definition) is 0. The molecule has 0 fully saturated rings. The molecule has 0 saturated heterocycles. The Bertz CT molecular complexity index is 1220. The molecule has 0 aromatic heterocycles. The molecule has 0 N–H and O–H groups in total. The normalized spacial score (nSPS) is 13.3. The molecule has 2 aliphatic rings. The van der Waals surface area contributed by atoms with E-state index in [4.69, 9.17) is 4.65 Å². The zero-order valence-corrected chi connectivity index (χ0v) is 15.0. The van der Waals surface area contributed by atoms with Crippen molar-refractivity contribution in [1.82, 2.24) is 0 Å². The molecule has 4 aromatic rings. The summed E-state index contributed by atoms with van der Waals surface area (Å²) >= 11 is 0. The Labute approximate surface area is 162 Å². The molecule has 0 spiro atoms. The molecule has 2 heterocycles. The van der Waals surface area contributed by atoms with E-state index >= 15 is 4.39 Å². The van der Waals surface area contributed by atoms with E-state index in [2.05, 4.69) is 12.1 Å². The van der Waals surface area contributed by atoms with Crippen molar-refractivity contribution in [2.75, 3.05) is 4.90 Å². The summed E-state index contributed by atoms with van der Waals surface area (Å²) in [6.07, 6.45) is 0. The topological polar surface area (TPSA) is 12.5 Å². The molecule has 0 bridgehead atoms. The van der Waals surface area contributed by atoms with Crippen LogP contribution in [0.5, 0.6) is 5.75 Å². The van der Waals surface area contributed by atoms with Gasteiger partial charge in [0, 0.05) is 22.4 Å². The van der Waals surface area contributed by atoms with E-state index in [9.17, 15) is 0 Å². The Morgan fingerprint density at radius 3 is 2.36 bits per heavy atom. The van der Waals surface area contributed by atoms with Gasteiger partial charge in [0.1, 0.15) is 11.6 Å². The predicted molar refractivity (Wildman–Crippen MR) is 112 cm³/mol. The number of fused-ring (bicyclic) bond motifs is 4. The van der Waals surface area contributed by atoms with E-state index in [1.807, 2.05) is 71.6 Å². The number of para-hydroxylation sites is 3. The summed E-state index contributed by atoms with van der Waals surface area (Å²) in [4.78, 5) is 2.01. The van der Waals surface area contributed by atoms with Crippen molar-refractivity contribution in [3.05, 3.63) is 96.8 Å². The van der Waals surface area contributed by atoms with Crippen LogP contribution >= 0.6 is 0 Å². The smallest absolute Gasteiger partial charge is 0.431 e. The number of halogens is 1. The van der Waals surface area contributed by atoms with Crippen LogP contribution in [0.25, 0.3) is 11.1 Å². The molecular weight excluding hydrogens is 348 g/mol. The molecule has 0 aliphatic carbocycles. The van der Waals surface area contributed by atoms with Gasteiger partial charge in [-0.1, -0.05) is 60.7 Å². The molecule has 28 heavy (non-hydrogen) atoms. The third-order valence-corrected chi connectivity index (χ3v) is 5.55. The molecule has 0 amide bonds. The van der Waals surface area contributed by atoms with Gasteiger partial charge in [0.25, 0.3) is 0 Å². The Morgan fingerprint density at radius 1 is 0.714 bits per heavy atom. The maximum atomic E-state index is 15.1. The molecular formula is C24H15BFNO. The van der Waals surface area contributed by atoms with Gasteiger partial charge in [-0.2, -0.15) is 0 Å². The minimum absolute atomic E-state index is 0.250. The van der Waals surface area contributed by atoms with Crippen LogP contribution in [0.4, 0.5) is 21.5 Å². The Balaban J connectivity index is 1.72. The highest BCUT2D eigenvalue weighted by molar-refractivity contribution is 6.85. The Kier molecular flexibility index (Phi) is 3.18. The number of hydrogen-bond acceptors (Lipinski definition) is 2. The maximum absolute atomic E-state index is 15.1. The zero-order chi connectivity index (χ0) is 18.7. The van der Waals surface area contributed by atoms with Crippen molar-refractivity contribution < 1.29 is 9.04 Å². The van der Waals surface area contributed by atoms with Crippen molar-refractivity contribution in [3.63, 3.8) is 0 Å². The highest BCUT2D eigenvalue weighted by Gasteiger charge is 2.43. The van der Waals surface area contributed by atoms with Gasteiger partial charge in [-0.3, -0.25) is 0 Å². The lowest BCUT2D eigenvalue weighted by Gasteiger charge is -2.39. The minimum Gasteiger partial charge on any atom is -0.551 e. The first-order valence-electron chi connectivity index (χ1n) is 9.35. The van der Waals surface area contributed by atoms with Gasteiger partial charge < -0.3 is 9.55 Å². The van der Waals surface area contributed by atoms with Crippen LogP contribution in [-0.2, 0) is 0 Å². The average molecular weight is 363 g/mol. The van der Waals surface area contributed by atoms with E-state index < -0.39 is 0 Å². The lowest BCUT2D eigenvalue weighted by atomic mass is 9.49. The SMILES string of the molecule is Fc1cccc2c1N(c1ccccc1)c1cccc3c1B2Oc1ccccc1-3. The second-order valence-electron chi connectivity index (χ2n) is 7.08. The van der Waals surface area contributed by atoms with Crippen LogP contribution in [0.3, 0.4) is 0 Å². The molecule has 0 radical (unpaired) electrons. The van der Waals surface area contributed by atoms with Gasteiger partial charge in [-0.25, -0.2) is 4.39 Å². The maximum Gasteiger partial charge on any atom is 0.431 e. The minimum atomic E-state index is -0.327. The summed E-state index contributed by atoms with van der Waals surface area (Å²) in [7, 11) is 0. The molecule has 132 valence electrons. The Hall–Kier alpha value is -3.53.